The molecule has 0 radical (unpaired) electrons. The van der Waals surface area contributed by atoms with Crippen LogP contribution >= 0.6 is 0 Å². The molecule has 0 fully saturated rings. The van der Waals surface area contributed by atoms with E-state index in [0.29, 0.717) is 6.61 Å². The lowest BCUT2D eigenvalue weighted by Crippen LogP contribution is -2.39. The highest BCUT2D eigenvalue weighted by molar-refractivity contribution is 5.76. The second-order valence-corrected chi connectivity index (χ2v) is 4.91. The second-order valence-electron chi connectivity index (χ2n) is 4.91. The summed E-state index contributed by atoms with van der Waals surface area (Å²) in [5.41, 5.74) is 0.882. The van der Waals surface area contributed by atoms with Crippen LogP contribution in [-0.4, -0.2) is 47.3 Å². The number of hydrogen-bond donors (Lipinski definition) is 2. The average Bonchev–Trinajstić information content (AvgIpc) is 2.55. The van der Waals surface area contributed by atoms with E-state index < -0.39 is 23.8 Å². The van der Waals surface area contributed by atoms with Crippen LogP contribution in [0.15, 0.2) is 30.3 Å². The number of carbonyl (C=O) groups excluding carboxylic acids is 2. The van der Waals surface area contributed by atoms with E-state index in [-0.39, 0.29) is 13.2 Å². The van der Waals surface area contributed by atoms with E-state index in [4.69, 9.17) is 9.84 Å². The first-order valence-electron chi connectivity index (χ1n) is 7.66. The molecule has 2 unspecified atom stereocenters. The van der Waals surface area contributed by atoms with Crippen molar-refractivity contribution in [3.8, 4) is 0 Å². The number of hydrogen-bond acceptors (Lipinski definition) is 7. The highest BCUT2D eigenvalue weighted by atomic mass is 16.7. The zero-order valence-corrected chi connectivity index (χ0v) is 14.5. The van der Waals surface area contributed by atoms with Gasteiger partial charge in [0.15, 0.2) is 0 Å². The highest BCUT2D eigenvalue weighted by Crippen LogP contribution is 2.12. The molecule has 0 spiro atoms. The summed E-state index contributed by atoms with van der Waals surface area (Å²) in [6, 6.07) is 9.30. The number of aliphatic hydroxyl groups excluding tert-OH is 1. The minimum absolute atomic E-state index is 0.159. The molecule has 0 bridgehead atoms. The Bertz CT molecular complexity index is 483. The van der Waals surface area contributed by atoms with Crippen molar-refractivity contribution in [1.82, 2.24) is 0 Å². The van der Waals surface area contributed by atoms with Crippen molar-refractivity contribution >= 4 is 11.9 Å². The summed E-state index contributed by atoms with van der Waals surface area (Å²) in [5.74, 6) is -3.23. The van der Waals surface area contributed by atoms with Gasteiger partial charge in [-0.3, -0.25) is 0 Å². The van der Waals surface area contributed by atoms with Crippen LogP contribution in [0, 0.1) is 0 Å². The van der Waals surface area contributed by atoms with Crippen molar-refractivity contribution in [3.63, 3.8) is 0 Å². The Morgan fingerprint density at radius 2 is 1.67 bits per heavy atom. The van der Waals surface area contributed by atoms with Gasteiger partial charge in [0, 0.05) is 6.92 Å². The molecule has 1 rings (SSSR count). The van der Waals surface area contributed by atoms with E-state index in [1.54, 1.807) is 13.8 Å². The Balaban J connectivity index is 0.000000561. The van der Waals surface area contributed by atoms with Gasteiger partial charge in [0.2, 0.25) is 0 Å². The summed E-state index contributed by atoms with van der Waals surface area (Å²) in [5, 5.41) is 18.2. The predicted octanol–water partition coefficient (Wildman–Crippen LogP) is 1.41. The third-order valence-electron chi connectivity index (χ3n) is 2.64. The molecule has 1 aromatic carbocycles. The molecule has 7 heteroatoms. The lowest BCUT2D eigenvalue weighted by Gasteiger charge is -2.21. The van der Waals surface area contributed by atoms with E-state index in [2.05, 4.69) is 9.47 Å². The van der Waals surface area contributed by atoms with Crippen molar-refractivity contribution in [2.75, 3.05) is 13.2 Å². The van der Waals surface area contributed by atoms with Gasteiger partial charge in [-0.1, -0.05) is 30.3 Å². The monoisotopic (exact) mass is 342 g/mol. The number of rotatable bonds is 7. The third-order valence-corrected chi connectivity index (χ3v) is 2.64. The zero-order valence-electron chi connectivity index (χ0n) is 14.5. The molecule has 24 heavy (non-hydrogen) atoms. The van der Waals surface area contributed by atoms with Crippen LogP contribution < -0.4 is 0 Å². The average molecular weight is 342 g/mol. The van der Waals surface area contributed by atoms with E-state index in [1.165, 1.54) is 13.8 Å². The summed E-state index contributed by atoms with van der Waals surface area (Å²) < 4.78 is 14.2. The molecule has 2 atom stereocenters. The number of esters is 2. The molecule has 7 nitrogen and oxygen atoms in total. The van der Waals surface area contributed by atoms with Gasteiger partial charge < -0.3 is 24.4 Å². The largest absolute Gasteiger partial charge is 0.464 e. The van der Waals surface area contributed by atoms with Gasteiger partial charge >= 0.3 is 11.9 Å². The Morgan fingerprint density at radius 1 is 1.12 bits per heavy atom. The maximum Gasteiger partial charge on any atom is 0.366 e. The summed E-state index contributed by atoms with van der Waals surface area (Å²) in [7, 11) is 0. The fourth-order valence-electron chi connectivity index (χ4n) is 1.38. The third kappa shape index (κ3) is 9.24. The first-order valence-corrected chi connectivity index (χ1v) is 7.66. The number of benzene rings is 1. The number of carbonyl (C=O) groups is 2. The molecule has 0 heterocycles. The predicted molar refractivity (Wildman–Crippen MR) is 86.8 cm³/mol. The first-order chi connectivity index (χ1) is 11.2. The molecule has 136 valence electrons. The van der Waals surface area contributed by atoms with Gasteiger partial charge in [0.1, 0.15) is 6.10 Å². The molecule has 0 aromatic heterocycles. The van der Waals surface area contributed by atoms with Gasteiger partial charge in [-0.25, -0.2) is 9.59 Å². The summed E-state index contributed by atoms with van der Waals surface area (Å²) in [4.78, 5) is 21.6. The Morgan fingerprint density at radius 3 is 2.08 bits per heavy atom. The Labute approximate surface area is 142 Å². The number of ether oxygens (including phenoxy) is 3. The fraction of sp³-hybridized carbons (Fsp3) is 0.529. The molecule has 2 N–H and O–H groups in total. The van der Waals surface area contributed by atoms with Crippen molar-refractivity contribution in [1.29, 1.82) is 0 Å². The Kier molecular flexibility index (Phi) is 10.6. The van der Waals surface area contributed by atoms with E-state index >= 15 is 0 Å². The van der Waals surface area contributed by atoms with Gasteiger partial charge in [-0.05, 0) is 26.3 Å². The maximum atomic E-state index is 11.3. The van der Waals surface area contributed by atoms with Crippen LogP contribution in [0.5, 0.6) is 0 Å². The van der Waals surface area contributed by atoms with Crippen molar-refractivity contribution in [2.24, 2.45) is 0 Å². The lowest BCUT2D eigenvalue weighted by atomic mass is 10.2. The fourth-order valence-corrected chi connectivity index (χ4v) is 1.38. The number of aliphatic hydroxyl groups is 2. The van der Waals surface area contributed by atoms with Gasteiger partial charge in [0.25, 0.3) is 5.79 Å². The van der Waals surface area contributed by atoms with Gasteiger partial charge in [0.05, 0.1) is 19.8 Å². The van der Waals surface area contributed by atoms with Gasteiger partial charge in [-0.2, -0.15) is 0 Å². The summed E-state index contributed by atoms with van der Waals surface area (Å²) >= 11 is 0. The lowest BCUT2D eigenvalue weighted by molar-refractivity contribution is -0.224. The van der Waals surface area contributed by atoms with Crippen molar-refractivity contribution in [3.05, 3.63) is 35.9 Å². The SMILES string of the molecule is CCOC(=O)C(C)(O)OCc1ccccc1.CCOC(=O)C(C)O. The molecular formula is C17H26O7. The van der Waals surface area contributed by atoms with Crippen LogP contribution in [0.2, 0.25) is 0 Å². The first kappa shape index (κ1) is 22.0. The second kappa shape index (κ2) is 11.6. The standard InChI is InChI=1S/C12H16O4.C5H10O3/c1-3-15-11(13)12(2,14)16-9-10-7-5-4-6-8-10;1-3-8-5(7)4(2)6/h4-8,14H,3,9H2,1-2H3;4,6H,3H2,1-2H3. The highest BCUT2D eigenvalue weighted by Gasteiger charge is 2.33. The zero-order chi connectivity index (χ0) is 18.6. The Hall–Kier alpha value is -1.96. The molecule has 0 amide bonds. The molecule has 0 saturated heterocycles. The van der Waals surface area contributed by atoms with Crippen LogP contribution in [0.1, 0.15) is 33.3 Å². The minimum atomic E-state index is -1.90. The molecule has 0 aliphatic heterocycles. The van der Waals surface area contributed by atoms with E-state index in [9.17, 15) is 14.7 Å². The summed E-state index contributed by atoms with van der Waals surface area (Å²) in [6.07, 6.45) is -0.991. The van der Waals surface area contributed by atoms with Crippen LogP contribution in [0.3, 0.4) is 0 Å². The van der Waals surface area contributed by atoms with E-state index in [1.807, 2.05) is 30.3 Å². The molecular weight excluding hydrogens is 316 g/mol. The maximum absolute atomic E-state index is 11.3. The quantitative estimate of drug-likeness (QED) is 0.570. The van der Waals surface area contributed by atoms with Crippen molar-refractivity contribution < 1.29 is 34.0 Å². The van der Waals surface area contributed by atoms with E-state index in [0.717, 1.165) is 5.56 Å². The smallest absolute Gasteiger partial charge is 0.366 e. The molecule has 0 saturated carbocycles. The van der Waals surface area contributed by atoms with Crippen LogP contribution in [-0.2, 0) is 30.4 Å². The molecule has 0 aliphatic rings. The molecule has 0 aliphatic carbocycles. The van der Waals surface area contributed by atoms with Crippen LogP contribution in [0.25, 0.3) is 0 Å². The van der Waals surface area contributed by atoms with Gasteiger partial charge in [-0.15, -0.1) is 0 Å². The van der Waals surface area contributed by atoms with Crippen LogP contribution in [0.4, 0.5) is 0 Å². The summed E-state index contributed by atoms with van der Waals surface area (Å²) in [6.45, 7) is 6.71. The van der Waals surface area contributed by atoms with Crippen molar-refractivity contribution in [2.45, 2.75) is 46.2 Å². The molecule has 1 aromatic rings. The topological polar surface area (TPSA) is 102 Å². The normalized spacial score (nSPS) is 13.8. The minimum Gasteiger partial charge on any atom is -0.464 e.